The van der Waals surface area contributed by atoms with Gasteiger partial charge in [0, 0.05) is 24.1 Å². The fourth-order valence-electron chi connectivity index (χ4n) is 4.29. The molecular formula is C27H34FN3O6. The van der Waals surface area contributed by atoms with Crippen LogP contribution in [0.15, 0.2) is 18.2 Å². The molecule has 0 spiro atoms. The lowest BCUT2D eigenvalue weighted by Crippen LogP contribution is -2.30. The summed E-state index contributed by atoms with van der Waals surface area (Å²) in [6, 6.07) is 4.98. The van der Waals surface area contributed by atoms with Crippen molar-refractivity contribution in [3.8, 4) is 23.0 Å². The Morgan fingerprint density at radius 1 is 1.05 bits per heavy atom. The van der Waals surface area contributed by atoms with Gasteiger partial charge in [-0.2, -0.15) is 0 Å². The summed E-state index contributed by atoms with van der Waals surface area (Å²) in [5, 5.41) is 8.53. The number of halogens is 1. The number of amides is 1. The second kappa shape index (κ2) is 11.1. The van der Waals surface area contributed by atoms with Gasteiger partial charge in [0.25, 0.3) is 0 Å². The van der Waals surface area contributed by atoms with Gasteiger partial charge in [-0.25, -0.2) is 4.39 Å². The van der Waals surface area contributed by atoms with E-state index >= 15 is 4.39 Å². The highest BCUT2D eigenvalue weighted by Crippen LogP contribution is 2.41. The zero-order valence-electron chi connectivity index (χ0n) is 22.1. The molecule has 10 heteroatoms. The molecule has 0 bridgehead atoms. The van der Waals surface area contributed by atoms with Crippen LogP contribution in [0, 0.1) is 11.2 Å². The number of nitrogens with zero attached hydrogens (tertiary/aromatic N) is 1. The lowest BCUT2D eigenvalue weighted by molar-refractivity contribution is -0.118. The van der Waals surface area contributed by atoms with Crippen LogP contribution in [0.25, 0.3) is 0 Å². The van der Waals surface area contributed by atoms with E-state index in [1.165, 1.54) is 26.2 Å². The van der Waals surface area contributed by atoms with Crippen LogP contribution in [0.1, 0.15) is 60.7 Å². The highest BCUT2D eigenvalue weighted by molar-refractivity contribution is 6.06. The number of nitrogens with one attached hydrogen (secondary N) is 1. The minimum absolute atomic E-state index is 0.0812. The number of benzene rings is 2. The number of ether oxygens (including phenoxy) is 4. The molecule has 2 aromatic carbocycles. The van der Waals surface area contributed by atoms with Crippen LogP contribution in [0.5, 0.6) is 23.0 Å². The van der Waals surface area contributed by atoms with Crippen molar-refractivity contribution in [2.45, 2.75) is 45.6 Å². The van der Waals surface area contributed by atoms with Crippen molar-refractivity contribution < 1.29 is 32.9 Å². The van der Waals surface area contributed by atoms with Gasteiger partial charge in [-0.05, 0) is 35.6 Å². The molecule has 2 aromatic rings. The molecule has 3 N–H and O–H groups in total. The Morgan fingerprint density at radius 2 is 1.73 bits per heavy atom. The molecule has 0 radical (unpaired) electrons. The molecule has 1 heterocycles. The smallest absolute Gasteiger partial charge is 0.217 e. The molecule has 0 saturated heterocycles. The molecular weight excluding hydrogens is 481 g/mol. The summed E-state index contributed by atoms with van der Waals surface area (Å²) in [6.07, 6.45) is 0.597. The number of Topliss-reactive ketones (excluding diaryl/α,β-unsaturated/α-hetero) is 1. The fourth-order valence-corrected chi connectivity index (χ4v) is 4.29. The SMILES string of the molecule is COc1cc2c(c(F)c1OC)C(=N)N(CC(=O)c1cc(OCCCC(N)=O)c(OC)c(C(C)(C)C)c1)C2. The maximum atomic E-state index is 15.1. The van der Waals surface area contributed by atoms with E-state index in [0.717, 1.165) is 5.56 Å². The Kier molecular flexibility index (Phi) is 8.30. The van der Waals surface area contributed by atoms with Gasteiger partial charge in [0.2, 0.25) is 5.91 Å². The third kappa shape index (κ3) is 5.79. The van der Waals surface area contributed by atoms with E-state index in [4.69, 9.17) is 30.1 Å². The first-order valence-corrected chi connectivity index (χ1v) is 11.9. The first kappa shape index (κ1) is 27.8. The maximum absolute atomic E-state index is 15.1. The number of methoxy groups -OCH3 is 3. The third-order valence-electron chi connectivity index (χ3n) is 6.16. The van der Waals surface area contributed by atoms with Gasteiger partial charge in [0.15, 0.2) is 34.6 Å². The number of primary amides is 1. The predicted octanol–water partition coefficient (Wildman–Crippen LogP) is 3.82. The summed E-state index contributed by atoms with van der Waals surface area (Å²) >= 11 is 0. The highest BCUT2D eigenvalue weighted by atomic mass is 19.1. The van der Waals surface area contributed by atoms with E-state index in [-0.39, 0.29) is 60.2 Å². The average Bonchev–Trinajstić information content (AvgIpc) is 3.15. The maximum Gasteiger partial charge on any atom is 0.217 e. The minimum atomic E-state index is -0.692. The molecule has 0 fully saturated rings. The highest BCUT2D eigenvalue weighted by Gasteiger charge is 2.33. The second-order valence-corrected chi connectivity index (χ2v) is 9.81. The predicted molar refractivity (Wildman–Crippen MR) is 137 cm³/mol. The first-order chi connectivity index (χ1) is 17.4. The summed E-state index contributed by atoms with van der Waals surface area (Å²) < 4.78 is 37.0. The number of amidine groups is 1. The zero-order chi connectivity index (χ0) is 27.5. The summed E-state index contributed by atoms with van der Waals surface area (Å²) in [4.78, 5) is 26.0. The van der Waals surface area contributed by atoms with Gasteiger partial charge in [0.1, 0.15) is 5.84 Å². The van der Waals surface area contributed by atoms with Crippen molar-refractivity contribution in [2.24, 2.45) is 5.73 Å². The molecule has 0 aromatic heterocycles. The molecule has 1 amide bonds. The van der Waals surface area contributed by atoms with Crippen molar-refractivity contribution in [1.82, 2.24) is 4.90 Å². The number of carbonyl (C=O) groups excluding carboxylic acids is 2. The Hall–Kier alpha value is -3.82. The topological polar surface area (TPSA) is 124 Å². The lowest BCUT2D eigenvalue weighted by atomic mass is 9.84. The third-order valence-corrected chi connectivity index (χ3v) is 6.16. The van der Waals surface area contributed by atoms with Gasteiger partial charge < -0.3 is 29.6 Å². The first-order valence-electron chi connectivity index (χ1n) is 11.9. The van der Waals surface area contributed by atoms with Crippen molar-refractivity contribution >= 4 is 17.5 Å². The molecule has 37 heavy (non-hydrogen) atoms. The normalized spacial score (nSPS) is 12.8. The molecule has 9 nitrogen and oxygen atoms in total. The van der Waals surface area contributed by atoms with Crippen molar-refractivity contribution in [3.63, 3.8) is 0 Å². The minimum Gasteiger partial charge on any atom is -0.493 e. The van der Waals surface area contributed by atoms with Crippen LogP contribution >= 0.6 is 0 Å². The van der Waals surface area contributed by atoms with Crippen LogP contribution in [-0.4, -0.2) is 56.9 Å². The van der Waals surface area contributed by atoms with E-state index < -0.39 is 11.7 Å². The molecule has 0 atom stereocenters. The van der Waals surface area contributed by atoms with Gasteiger partial charge >= 0.3 is 0 Å². The standard InChI is InChI=1S/C27H34FN3O6/c1-27(2,3)17-10-15(11-20(24(17)35-5)37-9-7-8-21(29)33)18(32)14-31-13-16-12-19(34-4)25(36-6)23(28)22(16)26(31)30/h10-12,30H,7-9,13-14H2,1-6H3,(H2,29,33). The quantitative estimate of drug-likeness (QED) is 0.344. The van der Waals surface area contributed by atoms with Gasteiger partial charge in [0.05, 0.1) is 40.0 Å². The molecule has 0 aliphatic carbocycles. The van der Waals surface area contributed by atoms with Crippen LogP contribution in [0.2, 0.25) is 0 Å². The molecule has 1 aliphatic heterocycles. The van der Waals surface area contributed by atoms with Crippen molar-refractivity contribution in [1.29, 1.82) is 5.41 Å². The van der Waals surface area contributed by atoms with Crippen LogP contribution < -0.4 is 24.7 Å². The number of carbonyl (C=O) groups is 2. The van der Waals surface area contributed by atoms with E-state index in [1.807, 2.05) is 20.8 Å². The fraction of sp³-hybridized carbons (Fsp3) is 0.444. The van der Waals surface area contributed by atoms with E-state index in [0.29, 0.717) is 29.0 Å². The molecule has 1 aliphatic rings. The number of hydrogen-bond acceptors (Lipinski definition) is 7. The molecule has 0 unspecified atom stereocenters. The van der Waals surface area contributed by atoms with E-state index in [1.54, 1.807) is 18.2 Å². The summed E-state index contributed by atoms with van der Waals surface area (Å²) in [5.41, 5.74) is 6.61. The monoisotopic (exact) mass is 515 g/mol. The largest absolute Gasteiger partial charge is 0.493 e. The zero-order valence-corrected chi connectivity index (χ0v) is 22.1. The van der Waals surface area contributed by atoms with Gasteiger partial charge in [-0.1, -0.05) is 20.8 Å². The van der Waals surface area contributed by atoms with Crippen LogP contribution in [-0.2, 0) is 16.8 Å². The van der Waals surface area contributed by atoms with Crippen molar-refractivity contribution in [3.05, 3.63) is 46.3 Å². The molecule has 3 rings (SSSR count). The van der Waals surface area contributed by atoms with Crippen LogP contribution in [0.3, 0.4) is 0 Å². The Morgan fingerprint density at radius 3 is 2.30 bits per heavy atom. The van der Waals surface area contributed by atoms with E-state index in [2.05, 4.69) is 0 Å². The Balaban J connectivity index is 1.91. The Labute approximate surface area is 216 Å². The average molecular weight is 516 g/mol. The molecule has 0 saturated carbocycles. The summed E-state index contributed by atoms with van der Waals surface area (Å²) in [5.74, 6) is -0.460. The number of hydrogen-bond donors (Lipinski definition) is 2. The number of ketones is 1. The number of fused-ring (bicyclic) bond motifs is 1. The molecule has 200 valence electrons. The van der Waals surface area contributed by atoms with Crippen LogP contribution in [0.4, 0.5) is 4.39 Å². The Bertz CT molecular complexity index is 1220. The second-order valence-electron chi connectivity index (χ2n) is 9.81. The number of nitrogens with two attached hydrogens (primary N) is 1. The number of rotatable bonds is 11. The summed E-state index contributed by atoms with van der Waals surface area (Å²) in [6.45, 7) is 6.23. The summed E-state index contributed by atoms with van der Waals surface area (Å²) in [7, 11) is 4.27. The van der Waals surface area contributed by atoms with Crippen molar-refractivity contribution in [2.75, 3.05) is 34.5 Å². The van der Waals surface area contributed by atoms with Gasteiger partial charge in [-0.3, -0.25) is 15.0 Å². The van der Waals surface area contributed by atoms with Gasteiger partial charge in [-0.15, -0.1) is 0 Å². The van der Waals surface area contributed by atoms with E-state index in [9.17, 15) is 9.59 Å². The lowest BCUT2D eigenvalue weighted by Gasteiger charge is -2.25.